The Labute approximate surface area is 127 Å². The van der Waals surface area contributed by atoms with E-state index >= 15 is 0 Å². The van der Waals surface area contributed by atoms with Gasteiger partial charge in [-0.05, 0) is 36.1 Å². The maximum Gasteiger partial charge on any atom is 0.150 e. The molecule has 3 aromatic carbocycles. The molecule has 0 saturated carbocycles. The van der Waals surface area contributed by atoms with Crippen LogP contribution in [0.1, 0.15) is 5.56 Å². The number of fused-ring (bicyclic) bond motifs is 1. The molecule has 3 aromatic rings. The molecule has 21 heavy (non-hydrogen) atoms. The zero-order valence-corrected chi connectivity index (χ0v) is 12.2. The summed E-state index contributed by atoms with van der Waals surface area (Å²) in [4.78, 5) is 0. The first-order valence-corrected chi connectivity index (χ1v) is 6.91. The summed E-state index contributed by atoms with van der Waals surface area (Å²) < 4.78 is 0. The number of phenolic OH excluding ortho intramolecular Hbond substituents is 1. The molecule has 4 heteroatoms. The van der Waals surface area contributed by atoms with E-state index in [9.17, 15) is 5.11 Å². The van der Waals surface area contributed by atoms with Gasteiger partial charge in [0.1, 0.15) is 11.4 Å². The van der Waals surface area contributed by atoms with Crippen LogP contribution in [0.2, 0.25) is 5.02 Å². The maximum atomic E-state index is 10.3. The van der Waals surface area contributed by atoms with E-state index in [0.29, 0.717) is 16.4 Å². The summed E-state index contributed by atoms with van der Waals surface area (Å²) in [6.45, 7) is 1.96. The summed E-state index contributed by atoms with van der Waals surface area (Å²) >= 11 is 6.11. The fourth-order valence-electron chi connectivity index (χ4n) is 2.13. The van der Waals surface area contributed by atoms with Crippen molar-refractivity contribution in [2.45, 2.75) is 6.92 Å². The summed E-state index contributed by atoms with van der Waals surface area (Å²) in [6.07, 6.45) is 0. The predicted molar refractivity (Wildman–Crippen MR) is 86.0 cm³/mol. The first-order chi connectivity index (χ1) is 10.1. The Bertz CT molecular complexity index is 843. The average Bonchev–Trinajstić information content (AvgIpc) is 2.48. The minimum absolute atomic E-state index is 0.125. The standard InChI is InChI=1S/C17H13ClN2O/c1-11-6-8-15(14(18)10-11)19-20-16-9-7-12-4-2-3-5-13(12)17(16)21/h2-10,21H,1H3. The Morgan fingerprint density at radius 2 is 1.62 bits per heavy atom. The Kier molecular flexibility index (Phi) is 3.59. The first-order valence-electron chi connectivity index (χ1n) is 6.54. The Morgan fingerprint density at radius 3 is 2.43 bits per heavy atom. The molecule has 3 nitrogen and oxygen atoms in total. The zero-order valence-electron chi connectivity index (χ0n) is 11.4. The number of halogens is 1. The van der Waals surface area contributed by atoms with Crippen molar-refractivity contribution in [3.8, 4) is 5.75 Å². The molecule has 0 aliphatic heterocycles. The molecule has 0 amide bonds. The minimum Gasteiger partial charge on any atom is -0.505 e. The second-order valence-electron chi connectivity index (χ2n) is 4.81. The van der Waals surface area contributed by atoms with Gasteiger partial charge >= 0.3 is 0 Å². The predicted octanol–water partition coefficient (Wildman–Crippen LogP) is 5.92. The van der Waals surface area contributed by atoms with Crippen molar-refractivity contribution < 1.29 is 5.11 Å². The lowest BCUT2D eigenvalue weighted by atomic mass is 10.1. The molecule has 0 aromatic heterocycles. The topological polar surface area (TPSA) is 45.0 Å². The second kappa shape index (κ2) is 5.54. The van der Waals surface area contributed by atoms with Gasteiger partial charge in [-0.25, -0.2) is 0 Å². The molecule has 0 heterocycles. The average molecular weight is 297 g/mol. The highest BCUT2D eigenvalue weighted by atomic mass is 35.5. The number of rotatable bonds is 2. The number of hydrogen-bond acceptors (Lipinski definition) is 3. The lowest BCUT2D eigenvalue weighted by Gasteiger charge is -2.03. The molecule has 104 valence electrons. The third-order valence-electron chi connectivity index (χ3n) is 3.25. The molecular weight excluding hydrogens is 284 g/mol. The fourth-order valence-corrected chi connectivity index (χ4v) is 2.40. The van der Waals surface area contributed by atoms with Gasteiger partial charge in [-0.1, -0.05) is 48.0 Å². The van der Waals surface area contributed by atoms with Crippen LogP contribution in [0.15, 0.2) is 64.8 Å². The molecule has 0 unspecified atom stereocenters. The molecule has 0 aliphatic rings. The SMILES string of the molecule is Cc1ccc(N=Nc2ccc3ccccc3c2O)c(Cl)c1. The molecule has 1 N–H and O–H groups in total. The smallest absolute Gasteiger partial charge is 0.150 e. The number of aryl methyl sites for hydroxylation is 1. The van der Waals surface area contributed by atoms with Crippen molar-refractivity contribution in [2.75, 3.05) is 0 Å². The van der Waals surface area contributed by atoms with Crippen LogP contribution in [0.5, 0.6) is 5.75 Å². The van der Waals surface area contributed by atoms with Crippen LogP contribution >= 0.6 is 11.6 Å². The van der Waals surface area contributed by atoms with Crippen molar-refractivity contribution in [1.29, 1.82) is 0 Å². The number of benzene rings is 3. The van der Waals surface area contributed by atoms with Crippen molar-refractivity contribution in [2.24, 2.45) is 10.2 Å². The van der Waals surface area contributed by atoms with Gasteiger partial charge in [0.25, 0.3) is 0 Å². The van der Waals surface area contributed by atoms with E-state index in [1.54, 1.807) is 12.1 Å². The third-order valence-corrected chi connectivity index (χ3v) is 3.55. The Balaban J connectivity index is 2.01. The van der Waals surface area contributed by atoms with Crippen LogP contribution in [0.25, 0.3) is 10.8 Å². The molecule has 0 saturated heterocycles. The van der Waals surface area contributed by atoms with Gasteiger partial charge in [0.15, 0.2) is 5.75 Å². The van der Waals surface area contributed by atoms with Crippen molar-refractivity contribution >= 4 is 33.7 Å². The number of azo groups is 1. The molecule has 3 rings (SSSR count). The van der Waals surface area contributed by atoms with Crippen molar-refractivity contribution in [1.82, 2.24) is 0 Å². The van der Waals surface area contributed by atoms with Crippen LogP contribution in [-0.2, 0) is 0 Å². The fraction of sp³-hybridized carbons (Fsp3) is 0.0588. The molecule has 0 bridgehead atoms. The summed E-state index contributed by atoms with van der Waals surface area (Å²) in [5.74, 6) is 0.125. The van der Waals surface area contributed by atoms with Crippen LogP contribution in [0, 0.1) is 6.92 Å². The number of phenols is 1. The third kappa shape index (κ3) is 2.73. The van der Waals surface area contributed by atoms with E-state index in [0.717, 1.165) is 16.3 Å². The van der Waals surface area contributed by atoms with Crippen LogP contribution in [0.3, 0.4) is 0 Å². The monoisotopic (exact) mass is 296 g/mol. The van der Waals surface area contributed by atoms with Gasteiger partial charge in [0.05, 0.1) is 5.02 Å². The highest BCUT2D eigenvalue weighted by Gasteiger charge is 2.05. The first kappa shape index (κ1) is 13.6. The van der Waals surface area contributed by atoms with E-state index in [4.69, 9.17) is 11.6 Å². The highest BCUT2D eigenvalue weighted by Crippen LogP contribution is 2.36. The molecule has 0 aliphatic carbocycles. The normalized spacial score (nSPS) is 11.3. The summed E-state index contributed by atoms with van der Waals surface area (Å²) in [7, 11) is 0. The van der Waals surface area contributed by atoms with Crippen molar-refractivity contribution in [3.63, 3.8) is 0 Å². The number of nitrogens with zero attached hydrogens (tertiary/aromatic N) is 2. The molecular formula is C17H13ClN2O. The second-order valence-corrected chi connectivity index (χ2v) is 5.22. The van der Waals surface area contributed by atoms with Gasteiger partial charge in [-0.2, -0.15) is 0 Å². The Morgan fingerprint density at radius 1 is 0.905 bits per heavy atom. The van der Waals surface area contributed by atoms with Gasteiger partial charge in [0, 0.05) is 5.39 Å². The number of aromatic hydroxyl groups is 1. The highest BCUT2D eigenvalue weighted by molar-refractivity contribution is 6.33. The summed E-state index contributed by atoms with van der Waals surface area (Å²) in [6, 6.07) is 16.8. The number of hydrogen-bond donors (Lipinski definition) is 1. The molecule has 0 atom stereocenters. The van der Waals surface area contributed by atoms with Crippen LogP contribution in [-0.4, -0.2) is 5.11 Å². The Hall–Kier alpha value is -2.39. The lowest BCUT2D eigenvalue weighted by molar-refractivity contribution is 0.482. The largest absolute Gasteiger partial charge is 0.505 e. The van der Waals surface area contributed by atoms with Gasteiger partial charge in [-0.3, -0.25) is 0 Å². The summed E-state index contributed by atoms with van der Waals surface area (Å²) in [5, 5.41) is 20.7. The van der Waals surface area contributed by atoms with Gasteiger partial charge in [-0.15, -0.1) is 10.2 Å². The quantitative estimate of drug-likeness (QED) is 0.586. The van der Waals surface area contributed by atoms with Gasteiger partial charge in [0.2, 0.25) is 0 Å². The molecule has 0 spiro atoms. The molecule has 0 radical (unpaired) electrons. The minimum atomic E-state index is 0.125. The van der Waals surface area contributed by atoms with E-state index in [2.05, 4.69) is 10.2 Å². The summed E-state index contributed by atoms with van der Waals surface area (Å²) in [5.41, 5.74) is 2.06. The van der Waals surface area contributed by atoms with Crippen LogP contribution in [0.4, 0.5) is 11.4 Å². The van der Waals surface area contributed by atoms with E-state index in [-0.39, 0.29) is 5.75 Å². The zero-order chi connectivity index (χ0) is 14.8. The molecule has 0 fully saturated rings. The van der Waals surface area contributed by atoms with Gasteiger partial charge < -0.3 is 5.11 Å². The van der Waals surface area contributed by atoms with Crippen molar-refractivity contribution in [3.05, 3.63) is 65.2 Å². The van der Waals surface area contributed by atoms with E-state index in [1.807, 2.05) is 49.4 Å². The van der Waals surface area contributed by atoms with E-state index < -0.39 is 0 Å². The lowest BCUT2D eigenvalue weighted by Crippen LogP contribution is -1.75. The maximum absolute atomic E-state index is 10.3. The van der Waals surface area contributed by atoms with E-state index in [1.165, 1.54) is 0 Å². The van der Waals surface area contributed by atoms with Crippen LogP contribution < -0.4 is 0 Å².